The van der Waals surface area contributed by atoms with Crippen LogP contribution in [0.1, 0.15) is 35.3 Å². The molecule has 90 valence electrons. The topological polar surface area (TPSA) is 35.5 Å². The van der Waals surface area contributed by atoms with Crippen LogP contribution in [0.25, 0.3) is 0 Å². The zero-order valence-corrected chi connectivity index (χ0v) is 10.9. The molecular formula is C13H20O3. The Bertz CT molecular complexity index is 356. The van der Waals surface area contributed by atoms with E-state index in [4.69, 9.17) is 4.74 Å². The number of hydrogen-bond acceptors (Lipinski definition) is 3. The molecule has 1 rings (SSSR count). The molecule has 0 radical (unpaired) electrons. The van der Waals surface area contributed by atoms with Gasteiger partial charge in [-0.3, -0.25) is 0 Å². The third-order valence-electron chi connectivity index (χ3n) is 2.22. The van der Waals surface area contributed by atoms with Crippen molar-refractivity contribution in [2.45, 2.75) is 27.7 Å². The summed E-state index contributed by atoms with van der Waals surface area (Å²) in [7, 11) is 2.90. The Morgan fingerprint density at radius 2 is 1.56 bits per heavy atom. The predicted octanol–water partition coefficient (Wildman–Crippen LogP) is 3.12. The molecule has 3 nitrogen and oxygen atoms in total. The van der Waals surface area contributed by atoms with E-state index in [1.54, 1.807) is 6.07 Å². The van der Waals surface area contributed by atoms with Crippen LogP contribution in [0.15, 0.2) is 12.1 Å². The Morgan fingerprint density at radius 3 is 2.00 bits per heavy atom. The number of hydrogen-bond donors (Lipinski definition) is 0. The van der Waals surface area contributed by atoms with Crippen LogP contribution in [-0.2, 0) is 4.74 Å². The highest BCUT2D eigenvalue weighted by Gasteiger charge is 2.13. The number of carbonyl (C=O) groups excluding carboxylic acids is 1. The lowest BCUT2D eigenvalue weighted by molar-refractivity contribution is 0.0597. The third kappa shape index (κ3) is 3.26. The normalized spacial score (nSPS) is 8.88. The van der Waals surface area contributed by atoms with Crippen LogP contribution >= 0.6 is 0 Å². The van der Waals surface area contributed by atoms with E-state index in [1.165, 1.54) is 14.2 Å². The Hall–Kier alpha value is -1.51. The van der Waals surface area contributed by atoms with Crippen LogP contribution in [0.4, 0.5) is 0 Å². The van der Waals surface area contributed by atoms with E-state index in [2.05, 4.69) is 4.74 Å². The van der Waals surface area contributed by atoms with Gasteiger partial charge in [-0.25, -0.2) is 4.79 Å². The SMILES string of the molecule is CC.COC(=O)c1cc(C)c(C)cc1OC. The standard InChI is InChI=1S/C11H14O3.C2H6/c1-7-5-9(11(12)14-4)10(13-3)6-8(7)2;1-2/h5-6H,1-4H3;1-2H3. The zero-order valence-electron chi connectivity index (χ0n) is 10.9. The summed E-state index contributed by atoms with van der Waals surface area (Å²) in [4.78, 5) is 11.4. The molecule has 16 heavy (non-hydrogen) atoms. The van der Waals surface area contributed by atoms with Crippen molar-refractivity contribution in [1.29, 1.82) is 0 Å². The molecule has 0 spiro atoms. The van der Waals surface area contributed by atoms with Crippen molar-refractivity contribution in [2.75, 3.05) is 14.2 Å². The van der Waals surface area contributed by atoms with Crippen molar-refractivity contribution in [3.05, 3.63) is 28.8 Å². The van der Waals surface area contributed by atoms with Crippen LogP contribution in [-0.4, -0.2) is 20.2 Å². The van der Waals surface area contributed by atoms with Gasteiger partial charge in [0.1, 0.15) is 11.3 Å². The van der Waals surface area contributed by atoms with Crippen molar-refractivity contribution in [2.24, 2.45) is 0 Å². The van der Waals surface area contributed by atoms with E-state index in [-0.39, 0.29) is 5.97 Å². The average molecular weight is 224 g/mol. The quantitative estimate of drug-likeness (QED) is 0.724. The summed E-state index contributed by atoms with van der Waals surface area (Å²) < 4.78 is 9.76. The number of ether oxygens (including phenoxy) is 2. The van der Waals surface area contributed by atoms with Crippen molar-refractivity contribution < 1.29 is 14.3 Å². The maximum Gasteiger partial charge on any atom is 0.341 e. The van der Waals surface area contributed by atoms with E-state index in [9.17, 15) is 4.79 Å². The molecule has 0 aromatic heterocycles. The minimum Gasteiger partial charge on any atom is -0.496 e. The van der Waals surface area contributed by atoms with Crippen LogP contribution in [0.5, 0.6) is 5.75 Å². The monoisotopic (exact) mass is 224 g/mol. The number of benzene rings is 1. The molecular weight excluding hydrogens is 204 g/mol. The first-order valence-electron chi connectivity index (χ1n) is 5.33. The summed E-state index contributed by atoms with van der Waals surface area (Å²) in [5.74, 6) is 0.185. The molecule has 0 heterocycles. The zero-order chi connectivity index (χ0) is 12.7. The highest BCUT2D eigenvalue weighted by Crippen LogP contribution is 2.23. The summed E-state index contributed by atoms with van der Waals surface area (Å²) in [6.45, 7) is 7.92. The van der Waals surface area contributed by atoms with Gasteiger partial charge in [0.25, 0.3) is 0 Å². The third-order valence-corrected chi connectivity index (χ3v) is 2.22. The summed E-state index contributed by atoms with van der Waals surface area (Å²) in [5.41, 5.74) is 2.61. The van der Waals surface area contributed by atoms with Crippen LogP contribution < -0.4 is 4.74 Å². The molecule has 0 aliphatic carbocycles. The van der Waals surface area contributed by atoms with Gasteiger partial charge >= 0.3 is 5.97 Å². The summed E-state index contributed by atoms with van der Waals surface area (Å²) in [5, 5.41) is 0. The molecule has 0 amide bonds. The summed E-state index contributed by atoms with van der Waals surface area (Å²) in [6.07, 6.45) is 0. The number of carbonyl (C=O) groups is 1. The molecule has 0 atom stereocenters. The Labute approximate surface area is 97.4 Å². The Morgan fingerprint density at radius 1 is 1.06 bits per heavy atom. The molecule has 0 fully saturated rings. The van der Waals surface area contributed by atoms with E-state index >= 15 is 0 Å². The molecule has 1 aromatic carbocycles. The molecule has 3 heteroatoms. The molecule has 0 aliphatic heterocycles. The largest absolute Gasteiger partial charge is 0.496 e. The van der Waals surface area contributed by atoms with E-state index in [1.807, 2.05) is 33.8 Å². The lowest BCUT2D eigenvalue weighted by Gasteiger charge is -2.09. The van der Waals surface area contributed by atoms with Crippen molar-refractivity contribution in [3.63, 3.8) is 0 Å². The van der Waals surface area contributed by atoms with E-state index in [0.717, 1.165) is 11.1 Å². The summed E-state index contributed by atoms with van der Waals surface area (Å²) in [6, 6.07) is 3.61. The number of aryl methyl sites for hydroxylation is 2. The molecule has 0 saturated heterocycles. The van der Waals surface area contributed by atoms with Gasteiger partial charge in [-0.15, -0.1) is 0 Å². The second kappa shape index (κ2) is 6.88. The smallest absolute Gasteiger partial charge is 0.341 e. The minimum atomic E-state index is -0.370. The number of esters is 1. The highest BCUT2D eigenvalue weighted by atomic mass is 16.5. The molecule has 0 saturated carbocycles. The maximum atomic E-state index is 11.4. The maximum absolute atomic E-state index is 11.4. The fourth-order valence-electron chi connectivity index (χ4n) is 1.23. The lowest BCUT2D eigenvalue weighted by Crippen LogP contribution is -2.05. The first-order chi connectivity index (χ1) is 7.60. The van der Waals surface area contributed by atoms with Gasteiger partial charge in [-0.05, 0) is 37.1 Å². The molecule has 0 N–H and O–H groups in total. The fraction of sp³-hybridized carbons (Fsp3) is 0.462. The van der Waals surface area contributed by atoms with Gasteiger partial charge in [0.2, 0.25) is 0 Å². The summed E-state index contributed by atoms with van der Waals surface area (Å²) >= 11 is 0. The van der Waals surface area contributed by atoms with Crippen molar-refractivity contribution >= 4 is 5.97 Å². The van der Waals surface area contributed by atoms with Crippen LogP contribution in [0.2, 0.25) is 0 Å². The average Bonchev–Trinajstić information content (AvgIpc) is 2.33. The number of methoxy groups -OCH3 is 2. The molecule has 0 unspecified atom stereocenters. The van der Waals surface area contributed by atoms with Gasteiger partial charge in [0.05, 0.1) is 14.2 Å². The van der Waals surface area contributed by atoms with Crippen molar-refractivity contribution in [3.8, 4) is 5.75 Å². The van der Waals surface area contributed by atoms with E-state index < -0.39 is 0 Å². The van der Waals surface area contributed by atoms with Gasteiger partial charge in [-0.1, -0.05) is 13.8 Å². The molecule has 0 bridgehead atoms. The van der Waals surface area contributed by atoms with E-state index in [0.29, 0.717) is 11.3 Å². The molecule has 0 aliphatic rings. The lowest BCUT2D eigenvalue weighted by atomic mass is 10.1. The van der Waals surface area contributed by atoms with Gasteiger partial charge in [-0.2, -0.15) is 0 Å². The van der Waals surface area contributed by atoms with Gasteiger partial charge in [0, 0.05) is 0 Å². The highest BCUT2D eigenvalue weighted by molar-refractivity contribution is 5.92. The molecule has 1 aromatic rings. The first-order valence-corrected chi connectivity index (χ1v) is 5.33. The van der Waals surface area contributed by atoms with Crippen LogP contribution in [0, 0.1) is 13.8 Å². The van der Waals surface area contributed by atoms with Gasteiger partial charge < -0.3 is 9.47 Å². The van der Waals surface area contributed by atoms with Gasteiger partial charge in [0.15, 0.2) is 0 Å². The fourth-order valence-corrected chi connectivity index (χ4v) is 1.23. The first kappa shape index (κ1) is 14.5. The van der Waals surface area contributed by atoms with Crippen LogP contribution in [0.3, 0.4) is 0 Å². The Balaban J connectivity index is 0.00000106. The second-order valence-electron chi connectivity index (χ2n) is 3.13. The van der Waals surface area contributed by atoms with Crippen molar-refractivity contribution in [1.82, 2.24) is 0 Å². The number of rotatable bonds is 2. The second-order valence-corrected chi connectivity index (χ2v) is 3.13. The predicted molar refractivity (Wildman–Crippen MR) is 65.2 cm³/mol. The Kier molecular flexibility index (Phi) is 6.23. The minimum absolute atomic E-state index is 0.370.